The van der Waals surface area contributed by atoms with E-state index in [1.807, 2.05) is 0 Å². The molecule has 1 nitrogen and oxygen atoms in total. The van der Waals surface area contributed by atoms with Crippen molar-refractivity contribution < 1.29 is 0 Å². The first-order valence-electron chi connectivity index (χ1n) is 10.2. The van der Waals surface area contributed by atoms with Crippen LogP contribution >= 0.6 is 0 Å². The summed E-state index contributed by atoms with van der Waals surface area (Å²) in [5, 5.41) is 2.79. The van der Waals surface area contributed by atoms with Crippen molar-refractivity contribution in [2.75, 3.05) is 4.90 Å². The highest BCUT2D eigenvalue weighted by Gasteiger charge is 2.27. The molecular weight excluding hydrogens is 350 g/mol. The Labute approximate surface area is 171 Å². The minimum Gasteiger partial charge on any atom is -0.310 e. The van der Waals surface area contributed by atoms with Crippen LogP contribution in [0.5, 0.6) is 0 Å². The fourth-order valence-electron chi connectivity index (χ4n) is 4.80. The van der Waals surface area contributed by atoms with Gasteiger partial charge in [0.25, 0.3) is 0 Å². The fourth-order valence-corrected chi connectivity index (χ4v) is 4.80. The molecule has 2 aliphatic rings. The number of para-hydroxylation sites is 2. The molecule has 0 spiro atoms. The van der Waals surface area contributed by atoms with E-state index in [1.165, 1.54) is 50.1 Å². The van der Waals surface area contributed by atoms with Gasteiger partial charge in [-0.05, 0) is 64.6 Å². The average Bonchev–Trinajstić information content (AvgIpc) is 2.80. The summed E-state index contributed by atoms with van der Waals surface area (Å²) >= 11 is 0. The van der Waals surface area contributed by atoms with E-state index in [1.54, 1.807) is 0 Å². The zero-order valence-corrected chi connectivity index (χ0v) is 16.2. The van der Waals surface area contributed by atoms with Crippen LogP contribution in [0, 0.1) is 0 Å². The van der Waals surface area contributed by atoms with Crippen LogP contribution in [0.3, 0.4) is 0 Å². The molecule has 29 heavy (non-hydrogen) atoms. The van der Waals surface area contributed by atoms with E-state index in [0.29, 0.717) is 0 Å². The van der Waals surface area contributed by atoms with Crippen LogP contribution in [0.25, 0.3) is 22.0 Å². The summed E-state index contributed by atoms with van der Waals surface area (Å²) in [6, 6.07) is 32.7. The van der Waals surface area contributed by atoms with E-state index in [0.717, 1.165) is 12.8 Å². The lowest BCUT2D eigenvalue weighted by atomic mass is 9.80. The molecule has 0 bridgehead atoms. The smallest absolute Gasteiger partial charge is 0.0503 e. The minimum absolute atomic E-state index is 0.978. The van der Waals surface area contributed by atoms with Crippen LogP contribution in [0.2, 0.25) is 0 Å². The molecule has 0 unspecified atom stereocenters. The summed E-state index contributed by atoms with van der Waals surface area (Å²) in [6.45, 7) is 0. The van der Waals surface area contributed by atoms with Gasteiger partial charge in [-0.1, -0.05) is 78.9 Å². The van der Waals surface area contributed by atoms with Crippen molar-refractivity contribution >= 4 is 33.4 Å². The van der Waals surface area contributed by atoms with Crippen LogP contribution in [-0.4, -0.2) is 0 Å². The highest BCUT2D eigenvalue weighted by atomic mass is 15.1. The minimum atomic E-state index is 0.978. The molecule has 0 fully saturated rings. The third-order valence-electron chi connectivity index (χ3n) is 6.08. The number of rotatable bonds is 3. The van der Waals surface area contributed by atoms with Gasteiger partial charge in [-0.2, -0.15) is 0 Å². The summed E-state index contributed by atoms with van der Waals surface area (Å²) in [7, 11) is 0. The van der Waals surface area contributed by atoms with Crippen molar-refractivity contribution in [3.05, 3.63) is 120 Å². The van der Waals surface area contributed by atoms with Crippen LogP contribution in [0.1, 0.15) is 23.1 Å². The Morgan fingerprint density at radius 2 is 1.31 bits per heavy atom. The summed E-state index contributed by atoms with van der Waals surface area (Å²) < 4.78 is 0. The standard InChI is InChI=1S/C28H21N/c1-3-10-23(11-4-1)29(24-12-5-2-6-13-24)26-19-17-22-15-14-20-8-7-9-21-16-18-25(26)28(22)27(20)21/h1-13,15-16,18-19H,14,17H2. The predicted octanol–water partition coefficient (Wildman–Crippen LogP) is 7.36. The maximum atomic E-state index is 2.42. The number of allylic oxidation sites excluding steroid dienone is 3. The first kappa shape index (κ1) is 16.4. The van der Waals surface area contributed by atoms with E-state index in [2.05, 4.69) is 108 Å². The third kappa shape index (κ3) is 2.55. The van der Waals surface area contributed by atoms with Crippen molar-refractivity contribution in [3.63, 3.8) is 0 Å². The molecule has 0 N–H and O–H groups in total. The summed E-state index contributed by atoms with van der Waals surface area (Å²) in [4.78, 5) is 2.39. The Morgan fingerprint density at radius 1 is 0.586 bits per heavy atom. The molecule has 0 aromatic heterocycles. The number of benzene rings is 4. The Morgan fingerprint density at radius 3 is 2.03 bits per heavy atom. The number of nitrogens with zero attached hydrogens (tertiary/aromatic N) is 1. The van der Waals surface area contributed by atoms with Crippen LogP contribution < -0.4 is 4.90 Å². The van der Waals surface area contributed by atoms with Gasteiger partial charge < -0.3 is 4.90 Å². The van der Waals surface area contributed by atoms with Crippen molar-refractivity contribution in [2.45, 2.75) is 12.8 Å². The van der Waals surface area contributed by atoms with Gasteiger partial charge in [0.05, 0.1) is 5.70 Å². The maximum Gasteiger partial charge on any atom is 0.0503 e. The highest BCUT2D eigenvalue weighted by Crippen LogP contribution is 2.46. The molecule has 1 heteroatoms. The number of hydrogen-bond acceptors (Lipinski definition) is 1. The second-order valence-electron chi connectivity index (χ2n) is 7.74. The Bertz CT molecular complexity index is 1240. The number of anilines is 2. The first-order chi connectivity index (χ1) is 14.4. The van der Waals surface area contributed by atoms with E-state index in [4.69, 9.17) is 0 Å². The normalized spacial score (nSPS) is 14.3. The lowest BCUT2D eigenvalue weighted by molar-refractivity contribution is 1.19. The second kappa shape index (κ2) is 6.49. The number of hydrogen-bond donors (Lipinski definition) is 0. The van der Waals surface area contributed by atoms with Crippen LogP contribution in [0.15, 0.2) is 103 Å². The zero-order valence-electron chi connectivity index (χ0n) is 16.2. The maximum absolute atomic E-state index is 2.42. The molecule has 6 rings (SSSR count). The molecule has 0 aliphatic heterocycles. The van der Waals surface area contributed by atoms with Gasteiger partial charge in [-0.25, -0.2) is 0 Å². The monoisotopic (exact) mass is 371 g/mol. The summed E-state index contributed by atoms with van der Waals surface area (Å²) in [6.07, 6.45) is 6.83. The summed E-state index contributed by atoms with van der Waals surface area (Å²) in [5.74, 6) is 0. The Balaban J connectivity index is 1.62. The molecule has 0 atom stereocenters. The third-order valence-corrected chi connectivity index (χ3v) is 6.08. The molecule has 0 radical (unpaired) electrons. The molecule has 0 saturated heterocycles. The van der Waals surface area contributed by atoms with Gasteiger partial charge in [0.15, 0.2) is 0 Å². The topological polar surface area (TPSA) is 3.24 Å². The van der Waals surface area contributed by atoms with Gasteiger partial charge in [0.2, 0.25) is 0 Å². The lowest BCUT2D eigenvalue weighted by Gasteiger charge is -2.34. The van der Waals surface area contributed by atoms with E-state index in [9.17, 15) is 0 Å². The first-order valence-corrected chi connectivity index (χ1v) is 10.2. The fraction of sp³-hybridized carbons (Fsp3) is 0.0714. The van der Waals surface area contributed by atoms with Gasteiger partial charge >= 0.3 is 0 Å². The van der Waals surface area contributed by atoms with Crippen LogP contribution in [0.4, 0.5) is 11.4 Å². The van der Waals surface area contributed by atoms with Crippen molar-refractivity contribution in [1.29, 1.82) is 0 Å². The van der Waals surface area contributed by atoms with E-state index < -0.39 is 0 Å². The molecule has 4 aromatic carbocycles. The van der Waals surface area contributed by atoms with Crippen molar-refractivity contribution in [3.8, 4) is 0 Å². The van der Waals surface area contributed by atoms with Gasteiger partial charge in [-0.3, -0.25) is 0 Å². The van der Waals surface area contributed by atoms with E-state index >= 15 is 0 Å². The van der Waals surface area contributed by atoms with Gasteiger partial charge in [0.1, 0.15) is 0 Å². The van der Waals surface area contributed by atoms with Gasteiger partial charge in [0, 0.05) is 16.9 Å². The SMILES string of the molecule is C1=C2CC=C(N(c3ccccc3)c3ccccc3)c3ccc4cccc(c4c32)C1. The molecular formula is C28H21N. The largest absolute Gasteiger partial charge is 0.310 e. The molecule has 0 saturated carbocycles. The molecule has 4 aromatic rings. The molecule has 138 valence electrons. The highest BCUT2D eigenvalue weighted by molar-refractivity contribution is 6.06. The molecule has 0 heterocycles. The zero-order chi connectivity index (χ0) is 19.2. The van der Waals surface area contributed by atoms with Crippen molar-refractivity contribution in [1.82, 2.24) is 0 Å². The van der Waals surface area contributed by atoms with Gasteiger partial charge in [-0.15, -0.1) is 0 Å². The second-order valence-corrected chi connectivity index (χ2v) is 7.74. The Kier molecular flexibility index (Phi) is 3.67. The quantitative estimate of drug-likeness (QED) is 0.363. The lowest BCUT2D eigenvalue weighted by Crippen LogP contribution is -2.19. The average molecular weight is 371 g/mol. The predicted molar refractivity (Wildman–Crippen MR) is 123 cm³/mol. The summed E-state index contributed by atoms with van der Waals surface area (Å²) in [5.41, 5.74) is 9.31. The molecule has 0 amide bonds. The Hall–Kier alpha value is -3.58. The molecule has 2 aliphatic carbocycles. The van der Waals surface area contributed by atoms with Crippen molar-refractivity contribution in [2.24, 2.45) is 0 Å². The van der Waals surface area contributed by atoms with Crippen LogP contribution in [-0.2, 0) is 6.42 Å². The van der Waals surface area contributed by atoms with E-state index in [-0.39, 0.29) is 0 Å².